The van der Waals surface area contributed by atoms with Crippen molar-refractivity contribution in [2.24, 2.45) is 23.2 Å². The van der Waals surface area contributed by atoms with E-state index in [4.69, 9.17) is 13.9 Å². The molecule has 206 valence electrons. The van der Waals surface area contributed by atoms with E-state index in [2.05, 4.69) is 52.6 Å². The van der Waals surface area contributed by atoms with Gasteiger partial charge in [0.2, 0.25) is 0 Å². The van der Waals surface area contributed by atoms with Crippen LogP contribution in [0.3, 0.4) is 0 Å². The lowest BCUT2D eigenvalue weighted by atomic mass is 9.44. The zero-order chi connectivity index (χ0) is 26.0. The third-order valence-corrected chi connectivity index (χ3v) is 15.1. The van der Waals surface area contributed by atoms with Crippen LogP contribution in [0.4, 0.5) is 0 Å². The molecule has 4 fully saturated rings. The molecule has 3 aliphatic carbocycles. The van der Waals surface area contributed by atoms with E-state index in [1.165, 1.54) is 57.8 Å². The van der Waals surface area contributed by atoms with Gasteiger partial charge in [0.05, 0.1) is 25.2 Å². The minimum absolute atomic E-state index is 0.00236. The Balaban J connectivity index is 1.57. The Hall–Kier alpha value is -0.383. The fourth-order valence-electron chi connectivity index (χ4n) is 7.32. The summed E-state index contributed by atoms with van der Waals surface area (Å²) in [5, 5.41) is 11.4. The van der Waals surface area contributed by atoms with Crippen LogP contribution in [0.1, 0.15) is 111 Å². The Kier molecular flexibility index (Phi) is 9.05. The summed E-state index contributed by atoms with van der Waals surface area (Å²) in [7, 11) is -1.94. The number of aliphatic hydroxyl groups is 1. The molecule has 36 heavy (non-hydrogen) atoms. The van der Waals surface area contributed by atoms with Gasteiger partial charge in [-0.2, -0.15) is 0 Å². The maximum absolute atomic E-state index is 11.2. The van der Waals surface area contributed by atoms with Crippen LogP contribution in [0, 0.1) is 35.0 Å². The first-order valence-electron chi connectivity index (χ1n) is 15.2. The van der Waals surface area contributed by atoms with Crippen LogP contribution in [0.2, 0.25) is 18.1 Å². The van der Waals surface area contributed by atoms with Crippen molar-refractivity contribution in [1.82, 2.24) is 0 Å². The topological polar surface area (TPSA) is 47.9 Å². The van der Waals surface area contributed by atoms with Gasteiger partial charge in [0, 0.05) is 11.8 Å². The first kappa shape index (κ1) is 28.6. The van der Waals surface area contributed by atoms with Crippen LogP contribution < -0.4 is 0 Å². The molecule has 0 aromatic heterocycles. The predicted molar refractivity (Wildman–Crippen MR) is 149 cm³/mol. The first-order chi connectivity index (χ1) is 17.1. The molecule has 0 radical (unpaired) electrons. The Morgan fingerprint density at radius 3 is 2.36 bits per heavy atom. The van der Waals surface area contributed by atoms with Crippen molar-refractivity contribution in [1.29, 1.82) is 0 Å². The third-order valence-electron chi connectivity index (χ3n) is 10.6. The van der Waals surface area contributed by atoms with E-state index < -0.39 is 14.1 Å². The summed E-state index contributed by atoms with van der Waals surface area (Å²) in [5.74, 6) is 7.84. The first-order valence-corrected chi connectivity index (χ1v) is 18.1. The Morgan fingerprint density at radius 1 is 1.03 bits per heavy atom. The van der Waals surface area contributed by atoms with Crippen molar-refractivity contribution < 1.29 is 19.0 Å². The lowest BCUT2D eigenvalue weighted by Gasteiger charge is -2.65. The molecular formula is C31H54O4Si. The number of aliphatic hydroxyl groups excluding tert-OH is 1. The van der Waals surface area contributed by atoms with Crippen molar-refractivity contribution in [2.45, 2.75) is 147 Å². The summed E-state index contributed by atoms with van der Waals surface area (Å²) >= 11 is 0. The summed E-state index contributed by atoms with van der Waals surface area (Å²) in [4.78, 5) is 0. The second-order valence-corrected chi connectivity index (χ2v) is 18.6. The van der Waals surface area contributed by atoms with Crippen molar-refractivity contribution >= 4 is 8.32 Å². The van der Waals surface area contributed by atoms with E-state index in [1.54, 1.807) is 0 Å². The predicted octanol–water partition coefficient (Wildman–Crippen LogP) is 7.45. The highest BCUT2D eigenvalue weighted by Crippen LogP contribution is 2.68. The van der Waals surface area contributed by atoms with E-state index in [0.717, 1.165) is 25.7 Å². The fourth-order valence-corrected chi connectivity index (χ4v) is 8.56. The second kappa shape index (κ2) is 11.4. The molecule has 0 aromatic rings. The molecule has 5 atom stereocenters. The number of rotatable bonds is 8. The average molecular weight is 519 g/mol. The largest absolute Gasteiger partial charge is 0.403 e. The van der Waals surface area contributed by atoms with Gasteiger partial charge in [-0.25, -0.2) is 0 Å². The minimum Gasteiger partial charge on any atom is -0.403 e. The van der Waals surface area contributed by atoms with Gasteiger partial charge in [0.25, 0.3) is 0 Å². The quantitative estimate of drug-likeness (QED) is 0.206. The summed E-state index contributed by atoms with van der Waals surface area (Å²) in [6, 6.07) is 0. The number of unbranched alkanes of at least 4 members (excludes halogenated alkanes) is 3. The van der Waals surface area contributed by atoms with Gasteiger partial charge in [-0.05, 0) is 62.1 Å². The van der Waals surface area contributed by atoms with Crippen molar-refractivity contribution in [3.63, 3.8) is 0 Å². The lowest BCUT2D eigenvalue weighted by molar-refractivity contribution is -0.353. The molecule has 4 nitrogen and oxygen atoms in total. The summed E-state index contributed by atoms with van der Waals surface area (Å²) in [5.41, 5.74) is 0.0104. The van der Waals surface area contributed by atoms with E-state index in [1.807, 2.05) is 0 Å². The van der Waals surface area contributed by atoms with Crippen molar-refractivity contribution in [3.8, 4) is 11.8 Å². The molecule has 1 aliphatic heterocycles. The van der Waals surface area contributed by atoms with Crippen LogP contribution in [0.5, 0.6) is 0 Å². The molecule has 1 heterocycles. The summed E-state index contributed by atoms with van der Waals surface area (Å²) in [6.45, 7) is 15.3. The van der Waals surface area contributed by atoms with Gasteiger partial charge in [0.1, 0.15) is 6.10 Å². The van der Waals surface area contributed by atoms with Crippen LogP contribution in [-0.2, 0) is 13.9 Å². The molecule has 3 saturated carbocycles. The van der Waals surface area contributed by atoms with Gasteiger partial charge in [0.15, 0.2) is 14.1 Å². The number of hydrogen-bond donors (Lipinski definition) is 1. The Bertz CT molecular complexity index is 781. The molecular weight excluding hydrogens is 464 g/mol. The summed E-state index contributed by atoms with van der Waals surface area (Å²) < 4.78 is 19.7. The van der Waals surface area contributed by atoms with Crippen LogP contribution in [-0.4, -0.2) is 44.6 Å². The van der Waals surface area contributed by atoms with Crippen LogP contribution in [0.15, 0.2) is 0 Å². The third kappa shape index (κ3) is 5.50. The molecule has 0 amide bonds. The van der Waals surface area contributed by atoms with Crippen LogP contribution in [0.25, 0.3) is 0 Å². The molecule has 0 bridgehead atoms. The highest BCUT2D eigenvalue weighted by Gasteiger charge is 2.71. The molecule has 5 heteroatoms. The van der Waals surface area contributed by atoms with E-state index in [0.29, 0.717) is 25.0 Å². The normalized spacial score (nSPS) is 33.5. The zero-order valence-corrected chi connectivity index (χ0v) is 25.2. The SMILES string of the molecule is CCCCCC[C@@]12CC[C@H](O)[C@@H](C#C[C@@H](O[Si](C)(C)C(C)(C)C)C3CCCCC3)[C@@H]1CC21OCCO1. The molecule has 1 spiro atoms. The van der Waals surface area contributed by atoms with E-state index in [-0.39, 0.29) is 28.6 Å². The van der Waals surface area contributed by atoms with Crippen molar-refractivity contribution in [2.75, 3.05) is 13.2 Å². The average Bonchev–Trinajstić information content (AvgIpc) is 3.34. The standard InChI is InChI=1S/C31H54O4Si/c1-7-8-9-13-19-30-20-18-27(32)25(26(30)23-31(30)33-21-22-34-31)16-17-28(24-14-11-10-12-15-24)35-36(5,6)29(2,3)4/h24-28,32H,7-15,18-23H2,1-6H3/t25-,26-,27-,28+,30+/m0/s1. The monoisotopic (exact) mass is 518 g/mol. The number of ether oxygens (including phenoxy) is 2. The maximum atomic E-state index is 11.2. The second-order valence-electron chi connectivity index (χ2n) is 13.8. The Morgan fingerprint density at radius 2 is 1.72 bits per heavy atom. The molecule has 4 rings (SSSR count). The lowest BCUT2D eigenvalue weighted by Crippen LogP contribution is -2.69. The molecule has 4 aliphatic rings. The fraction of sp³-hybridized carbons (Fsp3) is 0.935. The molecule has 0 unspecified atom stereocenters. The van der Waals surface area contributed by atoms with Crippen molar-refractivity contribution in [3.05, 3.63) is 0 Å². The highest BCUT2D eigenvalue weighted by atomic mass is 28.4. The maximum Gasteiger partial charge on any atom is 0.193 e. The van der Waals surface area contributed by atoms with E-state index >= 15 is 0 Å². The van der Waals surface area contributed by atoms with Crippen LogP contribution >= 0.6 is 0 Å². The van der Waals surface area contributed by atoms with Gasteiger partial charge >= 0.3 is 0 Å². The van der Waals surface area contributed by atoms with E-state index in [9.17, 15) is 5.11 Å². The van der Waals surface area contributed by atoms with Gasteiger partial charge in [-0.3, -0.25) is 0 Å². The summed E-state index contributed by atoms with van der Waals surface area (Å²) in [6.07, 6.45) is 14.8. The molecule has 0 aromatic carbocycles. The Labute approximate surface area is 222 Å². The number of hydrogen-bond acceptors (Lipinski definition) is 4. The smallest absolute Gasteiger partial charge is 0.193 e. The zero-order valence-electron chi connectivity index (χ0n) is 24.2. The molecule has 1 saturated heterocycles. The number of fused-ring (bicyclic) bond motifs is 2. The van der Waals surface area contributed by atoms with Gasteiger partial charge in [-0.1, -0.05) is 84.5 Å². The highest BCUT2D eigenvalue weighted by molar-refractivity contribution is 6.74. The van der Waals surface area contributed by atoms with Gasteiger partial charge in [-0.15, -0.1) is 0 Å². The molecule has 1 N–H and O–H groups in total. The minimum atomic E-state index is -1.94. The van der Waals surface area contributed by atoms with Gasteiger partial charge < -0.3 is 19.0 Å².